The molecule has 0 fully saturated rings. The van der Waals surface area contributed by atoms with Crippen LogP contribution in [0.4, 0.5) is 0 Å². The van der Waals surface area contributed by atoms with E-state index in [4.69, 9.17) is 27.9 Å². The monoisotopic (exact) mass is 206 g/mol. The fourth-order valence-electron chi connectivity index (χ4n) is 0.694. The van der Waals surface area contributed by atoms with Crippen molar-refractivity contribution < 1.29 is 4.74 Å². The minimum Gasteiger partial charge on any atom is -0.374 e. The third kappa shape index (κ3) is 2.30. The van der Waals surface area contributed by atoms with Gasteiger partial charge in [-0.15, -0.1) is 0 Å². The van der Waals surface area contributed by atoms with Crippen LogP contribution in [0, 0.1) is 0 Å². The predicted octanol–water partition coefficient (Wildman–Crippen LogP) is 2.49. The molecule has 0 aliphatic carbocycles. The van der Waals surface area contributed by atoms with Gasteiger partial charge in [-0.2, -0.15) is 0 Å². The van der Waals surface area contributed by atoms with Crippen LogP contribution in [0.15, 0.2) is 6.07 Å². The van der Waals surface area contributed by atoms with Crippen LogP contribution < -0.4 is 0 Å². The fraction of sp³-hybridized carbons (Fsp3) is 0.429. The number of nitrogens with zero attached hydrogens (tertiary/aromatic N) is 2. The lowest BCUT2D eigenvalue weighted by Crippen LogP contribution is -2.02. The third-order valence-electron chi connectivity index (χ3n) is 1.40. The first-order chi connectivity index (χ1) is 5.63. The average molecular weight is 207 g/mol. The van der Waals surface area contributed by atoms with Gasteiger partial charge in [0.1, 0.15) is 16.4 Å². The smallest absolute Gasteiger partial charge is 0.160 e. The molecule has 0 saturated carbocycles. The van der Waals surface area contributed by atoms with Crippen molar-refractivity contribution >= 4 is 23.2 Å². The zero-order valence-electron chi connectivity index (χ0n) is 6.71. The lowest BCUT2D eigenvalue weighted by molar-refractivity contribution is 0.112. The van der Waals surface area contributed by atoms with Gasteiger partial charge in [0, 0.05) is 13.2 Å². The lowest BCUT2D eigenvalue weighted by Gasteiger charge is -2.07. The van der Waals surface area contributed by atoms with Gasteiger partial charge in [-0.3, -0.25) is 0 Å². The largest absolute Gasteiger partial charge is 0.374 e. The number of halogens is 2. The van der Waals surface area contributed by atoms with Gasteiger partial charge < -0.3 is 4.74 Å². The van der Waals surface area contributed by atoms with E-state index < -0.39 is 0 Å². The Kier molecular flexibility index (Phi) is 3.26. The van der Waals surface area contributed by atoms with Crippen molar-refractivity contribution in [3.8, 4) is 0 Å². The Morgan fingerprint density at radius 3 is 2.25 bits per heavy atom. The molecule has 0 N–H and O–H groups in total. The first-order valence-electron chi connectivity index (χ1n) is 3.36. The molecular weight excluding hydrogens is 199 g/mol. The molecule has 0 saturated heterocycles. The van der Waals surface area contributed by atoms with E-state index in [9.17, 15) is 0 Å². The molecule has 66 valence electrons. The van der Waals surface area contributed by atoms with Crippen molar-refractivity contribution in [3.63, 3.8) is 0 Å². The van der Waals surface area contributed by atoms with Crippen LogP contribution in [-0.2, 0) is 4.74 Å². The van der Waals surface area contributed by atoms with Gasteiger partial charge in [0.25, 0.3) is 0 Å². The normalized spacial score (nSPS) is 13.0. The Morgan fingerprint density at radius 2 is 1.83 bits per heavy atom. The molecule has 1 unspecified atom stereocenters. The SMILES string of the molecule is COC(C)c1nc(Cl)cc(Cl)n1. The standard InChI is InChI=1S/C7H8Cl2N2O/c1-4(12-2)7-10-5(8)3-6(9)11-7/h3-4H,1-2H3. The van der Waals surface area contributed by atoms with Crippen molar-refractivity contribution in [2.45, 2.75) is 13.0 Å². The van der Waals surface area contributed by atoms with Gasteiger partial charge in [0.2, 0.25) is 0 Å². The topological polar surface area (TPSA) is 35.0 Å². The molecule has 1 aromatic rings. The van der Waals surface area contributed by atoms with E-state index in [1.165, 1.54) is 6.07 Å². The maximum absolute atomic E-state index is 5.66. The molecule has 1 rings (SSSR count). The van der Waals surface area contributed by atoms with E-state index in [2.05, 4.69) is 9.97 Å². The highest BCUT2D eigenvalue weighted by molar-refractivity contribution is 6.33. The number of hydrogen-bond donors (Lipinski definition) is 0. The van der Waals surface area contributed by atoms with Gasteiger partial charge in [0.15, 0.2) is 5.82 Å². The number of methoxy groups -OCH3 is 1. The fourth-order valence-corrected chi connectivity index (χ4v) is 1.13. The van der Waals surface area contributed by atoms with Crippen molar-refractivity contribution in [2.24, 2.45) is 0 Å². The van der Waals surface area contributed by atoms with Crippen molar-refractivity contribution in [1.82, 2.24) is 9.97 Å². The quantitative estimate of drug-likeness (QED) is 0.698. The highest BCUT2D eigenvalue weighted by Crippen LogP contribution is 2.17. The molecule has 1 heterocycles. The molecule has 5 heteroatoms. The highest BCUT2D eigenvalue weighted by atomic mass is 35.5. The van der Waals surface area contributed by atoms with Gasteiger partial charge in [0.05, 0.1) is 0 Å². The van der Waals surface area contributed by atoms with E-state index in [1.807, 2.05) is 6.92 Å². The Bertz CT molecular complexity index is 260. The Hall–Kier alpha value is -0.380. The van der Waals surface area contributed by atoms with Crippen LogP contribution in [0.1, 0.15) is 18.9 Å². The van der Waals surface area contributed by atoms with Crippen LogP contribution in [0.5, 0.6) is 0 Å². The summed E-state index contributed by atoms with van der Waals surface area (Å²) in [5.74, 6) is 0.495. The number of hydrogen-bond acceptors (Lipinski definition) is 3. The van der Waals surface area contributed by atoms with Gasteiger partial charge in [-0.05, 0) is 6.92 Å². The minimum absolute atomic E-state index is 0.193. The summed E-state index contributed by atoms with van der Waals surface area (Å²) >= 11 is 11.3. The summed E-state index contributed by atoms with van der Waals surface area (Å²) in [7, 11) is 1.57. The number of ether oxygens (including phenoxy) is 1. The second kappa shape index (κ2) is 4.03. The summed E-state index contributed by atoms with van der Waals surface area (Å²) in [5, 5.41) is 0.655. The third-order valence-corrected chi connectivity index (χ3v) is 1.79. The molecule has 0 radical (unpaired) electrons. The van der Waals surface area contributed by atoms with Crippen LogP contribution in [-0.4, -0.2) is 17.1 Å². The molecular formula is C7H8Cl2N2O. The molecule has 1 aromatic heterocycles. The molecule has 0 aromatic carbocycles. The first-order valence-corrected chi connectivity index (χ1v) is 4.12. The van der Waals surface area contributed by atoms with E-state index in [0.29, 0.717) is 16.1 Å². The average Bonchev–Trinajstić information content (AvgIpc) is 2.01. The molecule has 12 heavy (non-hydrogen) atoms. The zero-order valence-corrected chi connectivity index (χ0v) is 8.23. The number of aromatic nitrogens is 2. The van der Waals surface area contributed by atoms with Gasteiger partial charge >= 0.3 is 0 Å². The molecule has 0 amide bonds. The van der Waals surface area contributed by atoms with Crippen molar-refractivity contribution in [1.29, 1.82) is 0 Å². The van der Waals surface area contributed by atoms with E-state index in [-0.39, 0.29) is 6.10 Å². The minimum atomic E-state index is -0.193. The van der Waals surface area contributed by atoms with Crippen LogP contribution in [0.3, 0.4) is 0 Å². The summed E-state index contributed by atoms with van der Waals surface area (Å²) in [6, 6.07) is 1.48. The summed E-state index contributed by atoms with van der Waals surface area (Å²) in [6.07, 6.45) is -0.193. The van der Waals surface area contributed by atoms with E-state index in [0.717, 1.165) is 0 Å². The molecule has 0 spiro atoms. The molecule has 0 aliphatic rings. The predicted molar refractivity (Wildman–Crippen MR) is 47.5 cm³/mol. The summed E-state index contributed by atoms with van der Waals surface area (Å²) in [5.41, 5.74) is 0. The Morgan fingerprint density at radius 1 is 1.33 bits per heavy atom. The van der Waals surface area contributed by atoms with Crippen LogP contribution >= 0.6 is 23.2 Å². The van der Waals surface area contributed by atoms with Crippen LogP contribution in [0.2, 0.25) is 10.3 Å². The van der Waals surface area contributed by atoms with Gasteiger partial charge in [-0.1, -0.05) is 23.2 Å². The Balaban J connectivity index is 3.00. The molecule has 0 aliphatic heterocycles. The second-order valence-corrected chi connectivity index (χ2v) is 3.02. The maximum Gasteiger partial charge on any atom is 0.160 e. The second-order valence-electron chi connectivity index (χ2n) is 2.25. The zero-order chi connectivity index (χ0) is 9.14. The molecule has 3 nitrogen and oxygen atoms in total. The summed E-state index contributed by atoms with van der Waals surface area (Å²) in [4.78, 5) is 7.90. The summed E-state index contributed by atoms with van der Waals surface area (Å²) < 4.78 is 5.00. The maximum atomic E-state index is 5.66. The van der Waals surface area contributed by atoms with Crippen molar-refractivity contribution in [2.75, 3.05) is 7.11 Å². The summed E-state index contributed by atoms with van der Waals surface area (Å²) in [6.45, 7) is 1.82. The molecule has 1 atom stereocenters. The van der Waals surface area contributed by atoms with Crippen LogP contribution in [0.25, 0.3) is 0 Å². The van der Waals surface area contributed by atoms with Gasteiger partial charge in [-0.25, -0.2) is 9.97 Å². The van der Waals surface area contributed by atoms with E-state index in [1.54, 1.807) is 7.11 Å². The Labute approximate surface area is 80.7 Å². The van der Waals surface area contributed by atoms with Crippen molar-refractivity contribution in [3.05, 3.63) is 22.2 Å². The molecule has 0 bridgehead atoms. The lowest BCUT2D eigenvalue weighted by atomic mass is 10.4. The van der Waals surface area contributed by atoms with E-state index >= 15 is 0 Å². The highest BCUT2D eigenvalue weighted by Gasteiger charge is 2.08. The first kappa shape index (κ1) is 9.71. The number of rotatable bonds is 2.